The van der Waals surface area contributed by atoms with Crippen molar-refractivity contribution in [3.8, 4) is 0 Å². The second kappa shape index (κ2) is 2.60. The van der Waals surface area contributed by atoms with Crippen LogP contribution in [0.1, 0.15) is 0 Å². The van der Waals surface area contributed by atoms with Crippen molar-refractivity contribution in [1.82, 2.24) is 15.4 Å². The molecule has 0 bridgehead atoms. The quantitative estimate of drug-likeness (QED) is 0.459. The SMILES string of the molecule is O=C(O)NN1C=CSN1. The highest BCUT2D eigenvalue weighted by Crippen LogP contribution is 2.04. The lowest BCUT2D eigenvalue weighted by Gasteiger charge is -2.12. The maximum absolute atomic E-state index is 9.92. The van der Waals surface area contributed by atoms with E-state index in [4.69, 9.17) is 5.11 Å². The van der Waals surface area contributed by atoms with Crippen LogP contribution < -0.4 is 10.3 Å². The Morgan fingerprint density at radius 3 is 3.11 bits per heavy atom. The lowest BCUT2D eigenvalue weighted by molar-refractivity contribution is 0.158. The number of carboxylic acid groups (broad SMARTS) is 1. The van der Waals surface area contributed by atoms with Crippen LogP contribution in [0.4, 0.5) is 4.79 Å². The molecule has 1 rings (SSSR count). The maximum atomic E-state index is 9.92. The molecule has 0 radical (unpaired) electrons. The first-order chi connectivity index (χ1) is 4.29. The van der Waals surface area contributed by atoms with Crippen LogP contribution in [0.2, 0.25) is 0 Å². The van der Waals surface area contributed by atoms with Gasteiger partial charge in [0.15, 0.2) is 0 Å². The average Bonchev–Trinajstić information content (AvgIpc) is 2.15. The molecule has 0 aromatic rings. The number of hydrazine groups is 2. The van der Waals surface area contributed by atoms with Crippen molar-refractivity contribution in [2.75, 3.05) is 0 Å². The molecule has 0 aliphatic carbocycles. The van der Waals surface area contributed by atoms with Crippen molar-refractivity contribution < 1.29 is 9.90 Å². The molecule has 3 N–H and O–H groups in total. The van der Waals surface area contributed by atoms with Crippen LogP contribution >= 0.6 is 11.9 Å². The fourth-order valence-corrected chi connectivity index (χ4v) is 0.836. The van der Waals surface area contributed by atoms with Crippen LogP contribution in [0.25, 0.3) is 0 Å². The third-order valence-electron chi connectivity index (χ3n) is 0.645. The van der Waals surface area contributed by atoms with Gasteiger partial charge < -0.3 is 5.11 Å². The summed E-state index contributed by atoms with van der Waals surface area (Å²) in [5, 5.41) is 11.1. The van der Waals surface area contributed by atoms with Crippen molar-refractivity contribution in [3.63, 3.8) is 0 Å². The first-order valence-electron chi connectivity index (χ1n) is 2.16. The fraction of sp³-hybridized carbons (Fsp3) is 0. The van der Waals surface area contributed by atoms with Gasteiger partial charge >= 0.3 is 6.09 Å². The molecule has 1 aliphatic rings. The molecular formula is C3H5N3O2S. The summed E-state index contributed by atoms with van der Waals surface area (Å²) in [5.74, 6) is 0. The fourth-order valence-electron chi connectivity index (χ4n) is 0.372. The molecule has 9 heavy (non-hydrogen) atoms. The molecule has 6 heteroatoms. The first-order valence-corrected chi connectivity index (χ1v) is 3.04. The molecule has 0 aromatic heterocycles. The summed E-state index contributed by atoms with van der Waals surface area (Å²) in [4.78, 5) is 12.6. The second-order valence-corrected chi connectivity index (χ2v) is 1.97. The van der Waals surface area contributed by atoms with Gasteiger partial charge in [0, 0.05) is 11.6 Å². The van der Waals surface area contributed by atoms with Gasteiger partial charge in [-0.3, -0.25) is 0 Å². The van der Waals surface area contributed by atoms with Crippen molar-refractivity contribution in [3.05, 3.63) is 11.6 Å². The van der Waals surface area contributed by atoms with Gasteiger partial charge in [-0.1, -0.05) is 0 Å². The standard InChI is InChI=1S/C3H5N3O2S/c7-3(8)4-6-1-2-9-5-6/h1-2,4-5H,(H,7,8). The van der Waals surface area contributed by atoms with Crippen LogP contribution in [0.5, 0.6) is 0 Å². The monoisotopic (exact) mass is 147 g/mol. The van der Waals surface area contributed by atoms with Crippen molar-refractivity contribution >= 4 is 18.0 Å². The Labute approximate surface area is 55.8 Å². The average molecular weight is 147 g/mol. The van der Waals surface area contributed by atoms with E-state index in [1.54, 1.807) is 11.6 Å². The summed E-state index contributed by atoms with van der Waals surface area (Å²) >= 11 is 1.29. The van der Waals surface area contributed by atoms with Gasteiger partial charge in [0.25, 0.3) is 0 Å². The lowest BCUT2D eigenvalue weighted by atomic mass is 11.0. The smallest absolute Gasteiger partial charge is 0.424 e. The summed E-state index contributed by atoms with van der Waals surface area (Å²) < 4.78 is 0. The third kappa shape index (κ3) is 1.82. The Balaban J connectivity index is 2.28. The van der Waals surface area contributed by atoms with Crippen LogP contribution in [0.15, 0.2) is 11.6 Å². The summed E-state index contributed by atoms with van der Waals surface area (Å²) in [6.07, 6.45) is 0.480. The minimum Gasteiger partial charge on any atom is -0.464 e. The molecule has 50 valence electrons. The Bertz CT molecular complexity index is 148. The van der Waals surface area contributed by atoms with Crippen LogP contribution in [-0.4, -0.2) is 16.3 Å². The topological polar surface area (TPSA) is 64.6 Å². The van der Waals surface area contributed by atoms with E-state index >= 15 is 0 Å². The normalized spacial score (nSPS) is 16.2. The first kappa shape index (κ1) is 6.24. The number of hydrogen-bond acceptors (Lipinski definition) is 4. The predicted molar refractivity (Wildman–Crippen MR) is 32.9 cm³/mol. The summed E-state index contributed by atoms with van der Waals surface area (Å²) in [6, 6.07) is 0. The molecule has 1 heterocycles. The molecule has 0 saturated heterocycles. The number of nitrogens with one attached hydrogen (secondary N) is 2. The maximum Gasteiger partial charge on any atom is 0.424 e. The predicted octanol–water partition coefficient (Wildman–Crippen LogP) is 0.109. The Kier molecular flexibility index (Phi) is 1.81. The van der Waals surface area contributed by atoms with E-state index in [1.165, 1.54) is 17.1 Å². The molecule has 0 atom stereocenters. The van der Waals surface area contributed by atoms with Crippen LogP contribution in [-0.2, 0) is 0 Å². The molecular weight excluding hydrogens is 142 g/mol. The minimum atomic E-state index is -1.09. The third-order valence-corrected chi connectivity index (χ3v) is 1.21. The van der Waals surface area contributed by atoms with E-state index in [2.05, 4.69) is 10.3 Å². The van der Waals surface area contributed by atoms with Gasteiger partial charge in [0.1, 0.15) is 0 Å². The van der Waals surface area contributed by atoms with E-state index in [9.17, 15) is 4.79 Å². The molecule has 1 aliphatic heterocycles. The minimum absolute atomic E-state index is 1.09. The number of hydrogen-bond donors (Lipinski definition) is 3. The van der Waals surface area contributed by atoms with Crippen LogP contribution in [0.3, 0.4) is 0 Å². The zero-order chi connectivity index (χ0) is 6.69. The highest BCUT2D eigenvalue weighted by molar-refractivity contribution is 8.00. The highest BCUT2D eigenvalue weighted by Gasteiger charge is 2.04. The van der Waals surface area contributed by atoms with E-state index in [1.807, 2.05) is 0 Å². The van der Waals surface area contributed by atoms with E-state index < -0.39 is 6.09 Å². The largest absolute Gasteiger partial charge is 0.464 e. The van der Waals surface area contributed by atoms with Crippen molar-refractivity contribution in [1.29, 1.82) is 0 Å². The summed E-state index contributed by atoms with van der Waals surface area (Å²) in [7, 11) is 0. The van der Waals surface area contributed by atoms with Gasteiger partial charge in [-0.2, -0.15) is 4.83 Å². The van der Waals surface area contributed by atoms with E-state index in [-0.39, 0.29) is 0 Å². The van der Waals surface area contributed by atoms with Gasteiger partial charge in [-0.25, -0.2) is 15.3 Å². The van der Waals surface area contributed by atoms with E-state index in [0.717, 1.165) is 0 Å². The van der Waals surface area contributed by atoms with Gasteiger partial charge in [-0.05, 0) is 11.9 Å². The number of rotatable bonds is 1. The molecule has 1 amide bonds. The molecule has 0 saturated carbocycles. The molecule has 0 aromatic carbocycles. The lowest BCUT2D eigenvalue weighted by Crippen LogP contribution is -2.41. The highest BCUT2D eigenvalue weighted by atomic mass is 32.2. The molecule has 0 unspecified atom stereocenters. The number of nitrogens with zero attached hydrogens (tertiary/aromatic N) is 1. The van der Waals surface area contributed by atoms with Crippen LogP contribution in [0, 0.1) is 0 Å². The van der Waals surface area contributed by atoms with E-state index in [0.29, 0.717) is 0 Å². The van der Waals surface area contributed by atoms with Gasteiger partial charge in [-0.15, -0.1) is 0 Å². The Hall–Kier alpha value is -0.880. The second-order valence-electron chi connectivity index (χ2n) is 1.28. The zero-order valence-electron chi connectivity index (χ0n) is 4.37. The zero-order valence-corrected chi connectivity index (χ0v) is 5.18. The summed E-state index contributed by atoms with van der Waals surface area (Å²) in [6.45, 7) is 0. The Morgan fingerprint density at radius 2 is 2.67 bits per heavy atom. The molecule has 5 nitrogen and oxygen atoms in total. The number of carbonyl (C=O) groups is 1. The molecule has 0 fully saturated rings. The van der Waals surface area contributed by atoms with Gasteiger partial charge in [0.2, 0.25) is 0 Å². The summed E-state index contributed by atoms with van der Waals surface area (Å²) in [5.41, 5.74) is 2.07. The number of amides is 1. The van der Waals surface area contributed by atoms with Gasteiger partial charge in [0.05, 0.1) is 0 Å². The van der Waals surface area contributed by atoms with Crippen molar-refractivity contribution in [2.24, 2.45) is 0 Å². The molecule has 0 spiro atoms. The van der Waals surface area contributed by atoms with Crippen molar-refractivity contribution in [2.45, 2.75) is 0 Å². The Morgan fingerprint density at radius 1 is 1.89 bits per heavy atom.